The van der Waals surface area contributed by atoms with Gasteiger partial charge in [0.1, 0.15) is 24.4 Å². The van der Waals surface area contributed by atoms with Gasteiger partial charge in [-0.25, -0.2) is 19.2 Å². The molecular weight excluding hydrogens is 745 g/mol. The minimum absolute atomic E-state index is 0.0972. The summed E-state index contributed by atoms with van der Waals surface area (Å²) in [5, 5.41) is 0. The van der Waals surface area contributed by atoms with E-state index < -0.39 is 0 Å². The summed E-state index contributed by atoms with van der Waals surface area (Å²) in [5.41, 5.74) is 0. The smallest absolute Gasteiger partial charge is 0.410 e. The first kappa shape index (κ1) is 46.0. The molecule has 0 unspecified atom stereocenters. The molecule has 4 heterocycles. The lowest BCUT2D eigenvalue weighted by Crippen LogP contribution is -2.48. The highest BCUT2D eigenvalue weighted by Gasteiger charge is 2.30. The molecule has 4 saturated carbocycles. The number of piperazine rings is 4. The van der Waals surface area contributed by atoms with Crippen LogP contribution >= 0.6 is 0 Å². The SMILES string of the molecule is CN1CCN(C(=O)OC2CC2)CC1.CN1CCN(C(=O)OC2CCC2)CC1.CN1CCN(C(=O)OC2CCCC2)CC1.CN1CCN(C(=O)OC2CCCCC2)CC1. The van der Waals surface area contributed by atoms with Gasteiger partial charge < -0.3 is 58.1 Å². The van der Waals surface area contributed by atoms with Gasteiger partial charge in [-0.15, -0.1) is 0 Å². The van der Waals surface area contributed by atoms with Crippen LogP contribution in [0.3, 0.4) is 0 Å². The van der Waals surface area contributed by atoms with E-state index in [9.17, 15) is 19.2 Å². The fourth-order valence-electron chi connectivity index (χ4n) is 7.69. The first-order chi connectivity index (χ1) is 28.0. The van der Waals surface area contributed by atoms with Crippen LogP contribution in [0.4, 0.5) is 19.2 Å². The van der Waals surface area contributed by atoms with Crippen LogP contribution in [0.25, 0.3) is 0 Å². The van der Waals surface area contributed by atoms with Crippen LogP contribution in [-0.2, 0) is 18.9 Å². The summed E-state index contributed by atoms with van der Waals surface area (Å²) in [6.45, 7) is 14.1. The molecule has 0 spiro atoms. The van der Waals surface area contributed by atoms with Crippen molar-refractivity contribution in [1.29, 1.82) is 0 Å². The fourth-order valence-corrected chi connectivity index (χ4v) is 7.69. The Morgan fingerprint density at radius 3 is 0.707 bits per heavy atom. The number of likely N-dealkylation sites (N-methyl/N-ethyl adjacent to an activating group) is 4. The van der Waals surface area contributed by atoms with Crippen LogP contribution in [-0.4, -0.2) is 221 Å². The lowest BCUT2D eigenvalue weighted by molar-refractivity contribution is 0.0186. The van der Waals surface area contributed by atoms with Crippen molar-refractivity contribution in [2.75, 3.05) is 133 Å². The topological polar surface area (TPSA) is 131 Å². The Morgan fingerprint density at radius 2 is 0.500 bits per heavy atom. The molecule has 4 aliphatic carbocycles. The number of carbonyl (C=O) groups excluding carboxylic acids is 4. The first-order valence-corrected chi connectivity index (χ1v) is 22.6. The van der Waals surface area contributed by atoms with E-state index in [0.717, 1.165) is 156 Å². The molecule has 0 radical (unpaired) electrons. The molecule has 0 aromatic rings. The van der Waals surface area contributed by atoms with E-state index in [1.54, 1.807) is 4.90 Å². The Hall–Kier alpha value is -3.08. The summed E-state index contributed by atoms with van der Waals surface area (Å²) in [6, 6.07) is 0. The molecule has 332 valence electrons. The van der Waals surface area contributed by atoms with E-state index in [2.05, 4.69) is 47.8 Å². The van der Waals surface area contributed by atoms with Crippen molar-refractivity contribution in [2.45, 2.75) is 114 Å². The van der Waals surface area contributed by atoms with Crippen molar-refractivity contribution < 1.29 is 38.1 Å². The summed E-state index contributed by atoms with van der Waals surface area (Å²) < 4.78 is 21.5. The van der Waals surface area contributed by atoms with Gasteiger partial charge in [-0.3, -0.25) is 0 Å². The third-order valence-electron chi connectivity index (χ3n) is 12.5. The van der Waals surface area contributed by atoms with E-state index in [1.165, 1.54) is 38.5 Å². The molecule has 0 atom stereocenters. The van der Waals surface area contributed by atoms with Gasteiger partial charge in [0.2, 0.25) is 0 Å². The van der Waals surface area contributed by atoms with Crippen molar-refractivity contribution in [1.82, 2.24) is 39.2 Å². The predicted octanol–water partition coefficient (Wildman–Crippen LogP) is 4.47. The highest BCUT2D eigenvalue weighted by atomic mass is 16.6. The Morgan fingerprint density at radius 1 is 0.293 bits per heavy atom. The van der Waals surface area contributed by atoms with Crippen molar-refractivity contribution in [3.05, 3.63) is 0 Å². The maximum Gasteiger partial charge on any atom is 0.410 e. The Balaban J connectivity index is 0.000000148. The van der Waals surface area contributed by atoms with Gasteiger partial charge in [0, 0.05) is 105 Å². The number of hydrogen-bond acceptors (Lipinski definition) is 12. The average Bonchev–Trinajstić information content (AvgIpc) is 3.88. The third kappa shape index (κ3) is 16.5. The number of rotatable bonds is 4. The zero-order chi connectivity index (χ0) is 41.3. The largest absolute Gasteiger partial charge is 0.446 e. The van der Waals surface area contributed by atoms with Crippen LogP contribution in [0.1, 0.15) is 89.9 Å². The van der Waals surface area contributed by atoms with Gasteiger partial charge >= 0.3 is 24.4 Å². The summed E-state index contributed by atoms with van der Waals surface area (Å²) in [5.74, 6) is 0. The number of ether oxygens (including phenoxy) is 4. The lowest BCUT2D eigenvalue weighted by Gasteiger charge is -2.34. The molecule has 0 bridgehead atoms. The van der Waals surface area contributed by atoms with Gasteiger partial charge in [0.25, 0.3) is 0 Å². The number of carbonyl (C=O) groups is 4. The standard InChI is InChI=1S/C12H22N2O2.C11H20N2O2.C10H18N2O2.C9H16N2O2/c1-13-7-9-14(10-8-13)12(15)16-11-5-3-2-4-6-11;1-12-6-8-13(9-7-12)11(14)15-10-4-2-3-5-10;1-11-5-7-12(8-6-11)10(13)14-9-3-2-4-9;1-10-4-6-11(7-5-10)9(12)13-8-2-3-8/h11H,2-10H2,1H3;10H,2-9H2,1H3;9H,2-8H2,1H3;8H,2-7H2,1H3. The second-order valence-electron chi connectivity index (χ2n) is 17.6. The van der Waals surface area contributed by atoms with E-state index in [4.69, 9.17) is 18.9 Å². The van der Waals surface area contributed by atoms with Crippen LogP contribution in [0.2, 0.25) is 0 Å². The summed E-state index contributed by atoms with van der Waals surface area (Å²) in [4.78, 5) is 62.9. The quantitative estimate of drug-likeness (QED) is 0.371. The molecular formula is C42H76N8O8. The fraction of sp³-hybridized carbons (Fsp3) is 0.905. The molecule has 4 saturated heterocycles. The molecule has 8 aliphatic rings. The van der Waals surface area contributed by atoms with Gasteiger partial charge in [-0.1, -0.05) is 6.42 Å². The van der Waals surface area contributed by atoms with Crippen LogP contribution in [0.5, 0.6) is 0 Å². The van der Waals surface area contributed by atoms with Crippen molar-refractivity contribution in [2.24, 2.45) is 0 Å². The van der Waals surface area contributed by atoms with Gasteiger partial charge in [0.05, 0.1) is 0 Å². The lowest BCUT2D eigenvalue weighted by atomic mass is 9.96. The highest BCUT2D eigenvalue weighted by molar-refractivity contribution is 5.69. The zero-order valence-electron chi connectivity index (χ0n) is 36.4. The maximum absolute atomic E-state index is 11.9. The van der Waals surface area contributed by atoms with Crippen LogP contribution in [0.15, 0.2) is 0 Å². The molecule has 8 fully saturated rings. The van der Waals surface area contributed by atoms with Crippen molar-refractivity contribution in [3.63, 3.8) is 0 Å². The van der Waals surface area contributed by atoms with Crippen LogP contribution < -0.4 is 0 Å². The number of amides is 4. The molecule has 58 heavy (non-hydrogen) atoms. The summed E-state index contributed by atoms with van der Waals surface area (Å²) in [7, 11) is 8.32. The maximum atomic E-state index is 11.9. The second kappa shape index (κ2) is 24.2. The Kier molecular flexibility index (Phi) is 19.2. The molecule has 0 aromatic heterocycles. The van der Waals surface area contributed by atoms with E-state index >= 15 is 0 Å². The van der Waals surface area contributed by atoms with Gasteiger partial charge in [0.15, 0.2) is 0 Å². The highest BCUT2D eigenvalue weighted by Crippen LogP contribution is 2.25. The Labute approximate surface area is 348 Å². The minimum Gasteiger partial charge on any atom is -0.446 e. The molecule has 0 N–H and O–H groups in total. The molecule has 0 aromatic carbocycles. The van der Waals surface area contributed by atoms with Gasteiger partial charge in [-0.2, -0.15) is 0 Å². The molecule has 16 nitrogen and oxygen atoms in total. The van der Waals surface area contributed by atoms with Gasteiger partial charge in [-0.05, 0) is 112 Å². The predicted molar refractivity (Wildman–Crippen MR) is 222 cm³/mol. The summed E-state index contributed by atoms with van der Waals surface area (Å²) in [6.07, 6.45) is 16.2. The average molecular weight is 821 g/mol. The normalized spacial score (nSPS) is 24.5. The first-order valence-electron chi connectivity index (χ1n) is 22.6. The van der Waals surface area contributed by atoms with Crippen molar-refractivity contribution in [3.8, 4) is 0 Å². The van der Waals surface area contributed by atoms with E-state index in [0.29, 0.717) is 0 Å². The van der Waals surface area contributed by atoms with E-state index in [1.807, 2.05) is 14.7 Å². The third-order valence-corrected chi connectivity index (χ3v) is 12.5. The van der Waals surface area contributed by atoms with Crippen LogP contribution in [0, 0.1) is 0 Å². The second-order valence-corrected chi connectivity index (χ2v) is 17.6. The minimum atomic E-state index is -0.115. The molecule has 8 rings (SSSR count). The molecule has 4 amide bonds. The zero-order valence-corrected chi connectivity index (χ0v) is 36.4. The molecule has 16 heteroatoms. The molecule has 4 aliphatic heterocycles. The number of hydrogen-bond donors (Lipinski definition) is 0. The Bertz CT molecular complexity index is 1230. The monoisotopic (exact) mass is 821 g/mol. The van der Waals surface area contributed by atoms with E-state index in [-0.39, 0.29) is 48.8 Å². The summed E-state index contributed by atoms with van der Waals surface area (Å²) >= 11 is 0. The van der Waals surface area contributed by atoms with Crippen molar-refractivity contribution >= 4 is 24.4 Å². The number of nitrogens with zero attached hydrogens (tertiary/aromatic N) is 8.